The molecule has 7 aromatic carbocycles. The minimum absolute atomic E-state index is 0. The van der Waals surface area contributed by atoms with Gasteiger partial charge in [-0.1, -0.05) is 131 Å². The molecule has 0 radical (unpaired) electrons. The van der Waals surface area contributed by atoms with Gasteiger partial charge in [-0.25, -0.2) is 0 Å². The van der Waals surface area contributed by atoms with Gasteiger partial charge >= 0.3 is 44.8 Å². The summed E-state index contributed by atoms with van der Waals surface area (Å²) in [4.78, 5) is 0. The summed E-state index contributed by atoms with van der Waals surface area (Å²) in [5, 5.41) is 13.8. The summed E-state index contributed by atoms with van der Waals surface area (Å²) in [5.74, 6) is 5.13. The van der Waals surface area contributed by atoms with Gasteiger partial charge in [-0.3, -0.25) is 11.8 Å². The molecule has 58 heavy (non-hydrogen) atoms. The van der Waals surface area contributed by atoms with Crippen molar-refractivity contribution < 1.29 is 44.8 Å². The van der Waals surface area contributed by atoms with Crippen LogP contribution in [0.5, 0.6) is 0 Å². The fourth-order valence-electron chi connectivity index (χ4n) is 9.08. The molecule has 306 valence electrons. The summed E-state index contributed by atoms with van der Waals surface area (Å²) in [6, 6.07) is 46.3. The summed E-state index contributed by atoms with van der Waals surface area (Å²) >= 11 is 0. The first-order valence-electron chi connectivity index (χ1n) is 19.8. The van der Waals surface area contributed by atoms with E-state index >= 15 is 0 Å². The number of hydrogen-bond acceptors (Lipinski definition) is 0. The fourth-order valence-corrected chi connectivity index (χ4v) is 18.8. The minimum Gasteiger partial charge on any atom is -0.366 e. The van der Waals surface area contributed by atoms with Crippen LogP contribution < -0.4 is 10.6 Å². The van der Waals surface area contributed by atoms with Crippen molar-refractivity contribution in [1.82, 2.24) is 0 Å². The number of hydrogen-bond donors (Lipinski definition) is 0. The Kier molecular flexibility index (Phi) is 17.1. The van der Waals surface area contributed by atoms with E-state index in [1.807, 2.05) is 72.8 Å². The van der Waals surface area contributed by atoms with E-state index in [2.05, 4.69) is 156 Å². The van der Waals surface area contributed by atoms with E-state index < -0.39 is 15.8 Å². The molecule has 0 aliphatic rings. The van der Waals surface area contributed by atoms with E-state index in [4.69, 9.17) is 12.8 Å². The molecule has 0 heterocycles. The van der Waals surface area contributed by atoms with Crippen molar-refractivity contribution in [2.45, 2.75) is 104 Å². The van der Waals surface area contributed by atoms with E-state index in [0.717, 1.165) is 54.2 Å². The third kappa shape index (κ3) is 11.4. The third-order valence-electron chi connectivity index (χ3n) is 10.3. The first-order chi connectivity index (χ1) is 26.3. The summed E-state index contributed by atoms with van der Waals surface area (Å²) in [5.41, 5.74) is 1.77. The van der Waals surface area contributed by atoms with E-state index in [9.17, 15) is 0 Å². The molecule has 0 nitrogen and oxygen atoms in total. The average molecular weight is 987 g/mol. The normalized spacial score (nSPS) is 11.8. The van der Waals surface area contributed by atoms with E-state index in [-0.39, 0.29) is 44.8 Å². The van der Waals surface area contributed by atoms with Crippen molar-refractivity contribution in [3.63, 3.8) is 0 Å². The molecule has 0 aliphatic heterocycles. The molecular weight excluding hydrogens is 926 g/mol. The average Bonchev–Trinajstić information content (AvgIpc) is 3.12. The molecule has 0 amide bonds. The van der Waals surface area contributed by atoms with Crippen LogP contribution in [0.15, 0.2) is 133 Å². The Hall–Kier alpha value is -2.96. The van der Waals surface area contributed by atoms with Crippen LogP contribution in [-0.4, -0.2) is 20.6 Å². The molecule has 0 spiro atoms. The molecule has 0 saturated carbocycles. The maximum Gasteiger partial charge on any atom is 1.00 e. The fraction of sp³-hybridized carbons (Fsp3) is 0.296. The van der Waals surface area contributed by atoms with E-state index in [1.54, 1.807) is 10.6 Å². The zero-order valence-corrected chi connectivity index (χ0v) is 41.3. The predicted molar refractivity (Wildman–Crippen MR) is 257 cm³/mol. The van der Waals surface area contributed by atoms with Crippen molar-refractivity contribution >= 4 is 69.5 Å². The second-order valence-corrected chi connectivity index (χ2v) is 27.5. The van der Waals surface area contributed by atoms with Crippen molar-refractivity contribution in [2.75, 3.05) is 0 Å². The van der Waals surface area contributed by atoms with Crippen LogP contribution in [0.2, 0.25) is 0 Å². The quantitative estimate of drug-likeness (QED) is 0.0532. The van der Waals surface area contributed by atoms with Crippen LogP contribution in [-0.2, 0) is 44.8 Å². The van der Waals surface area contributed by atoms with Gasteiger partial charge in [0.25, 0.3) is 0 Å². The molecule has 4 heteroatoms. The molecule has 0 N–H and O–H groups in total. The van der Waals surface area contributed by atoms with Crippen LogP contribution >= 0.6 is 15.8 Å². The Balaban J connectivity index is 0.000000234. The number of fused-ring (bicyclic) bond motifs is 4. The molecule has 0 saturated heterocycles. The molecule has 0 aliphatic carbocycles. The summed E-state index contributed by atoms with van der Waals surface area (Å²) in [7, 11) is -1.44. The molecule has 0 atom stereocenters. The van der Waals surface area contributed by atoms with Crippen LogP contribution in [0.25, 0.3) is 43.1 Å². The predicted octanol–water partition coefficient (Wildman–Crippen LogP) is 14.4. The van der Waals surface area contributed by atoms with Gasteiger partial charge in [-0.15, -0.1) is 11.1 Å². The van der Waals surface area contributed by atoms with Gasteiger partial charge < -0.3 is 12.8 Å². The van der Waals surface area contributed by atoms with Crippen molar-refractivity contribution in [3.05, 3.63) is 157 Å². The zero-order chi connectivity index (χ0) is 41.1. The largest absolute Gasteiger partial charge is 1.00 e. The van der Waals surface area contributed by atoms with Gasteiger partial charge in [-0.05, 0) is 129 Å². The van der Waals surface area contributed by atoms with E-state index in [0.29, 0.717) is 20.6 Å². The Labute approximate surface area is 384 Å². The number of benzene rings is 7. The third-order valence-corrected chi connectivity index (χ3v) is 18.5. The minimum atomic E-state index is -0.721. The SMILES string of the molecule is CC(C)(C)[PH+](c1ccccc1[PH+](C(C)(C)C)C(C)(C)C)C(C)(C)C.[Ag+].[Ag+].[C-]#Cc1c2ccccc2cc2ccccc12.[C-]#Cc1c2ccccc2cc2ccccc12. The van der Waals surface area contributed by atoms with Crippen molar-refractivity contribution in [1.29, 1.82) is 0 Å². The van der Waals surface area contributed by atoms with Crippen LogP contribution in [0, 0.1) is 24.7 Å². The molecule has 0 unspecified atom stereocenters. The van der Waals surface area contributed by atoms with Gasteiger partial charge in [0.2, 0.25) is 0 Å². The molecule has 7 rings (SSSR count). The van der Waals surface area contributed by atoms with Gasteiger partial charge in [-0.2, -0.15) is 0 Å². The maximum absolute atomic E-state index is 7.46. The van der Waals surface area contributed by atoms with Crippen molar-refractivity contribution in [2.24, 2.45) is 0 Å². The maximum atomic E-state index is 7.46. The Bertz CT molecular complexity index is 2240. The standard InChI is InChI=1S/C22H40P2.2C16H9.2Ag/c1-19(2,3)23(20(4,5)6)17-15-13-14-16-18(17)24(21(7,8)9)22(10,11)12;2*1-2-14-15-9-5-3-7-12(15)11-13-8-4-6-10-16(13)14;;/h13-16H,1-12H3;2*3-11H;;/q;2*-1;2*+1/p+2. The summed E-state index contributed by atoms with van der Waals surface area (Å²) in [6.45, 7) is 29.4. The Morgan fingerprint density at radius 1 is 0.345 bits per heavy atom. The molecule has 0 bridgehead atoms. The molecule has 7 aromatic rings. The molecule has 0 fully saturated rings. The van der Waals surface area contributed by atoms with Gasteiger partial charge in [0.15, 0.2) is 0 Å². The zero-order valence-electron chi connectivity index (χ0n) is 36.3. The monoisotopic (exact) mass is 984 g/mol. The van der Waals surface area contributed by atoms with Crippen molar-refractivity contribution in [3.8, 4) is 11.8 Å². The summed E-state index contributed by atoms with van der Waals surface area (Å²) in [6.07, 6.45) is 14.9. The van der Waals surface area contributed by atoms with Crippen LogP contribution in [0.4, 0.5) is 0 Å². The second-order valence-electron chi connectivity index (χ2n) is 18.9. The molecule has 0 aromatic heterocycles. The number of rotatable bonds is 2. The second kappa shape index (κ2) is 20.1. The van der Waals surface area contributed by atoms with E-state index in [1.165, 1.54) is 0 Å². The molecular formula is C54H60Ag2P2+2. The first kappa shape index (κ1) is 49.4. The van der Waals surface area contributed by atoms with Crippen LogP contribution in [0.1, 0.15) is 94.2 Å². The first-order valence-corrected chi connectivity index (χ1v) is 22.8. The topological polar surface area (TPSA) is 0 Å². The Morgan fingerprint density at radius 3 is 0.759 bits per heavy atom. The van der Waals surface area contributed by atoms with Gasteiger partial charge in [0.1, 0.15) is 10.6 Å². The summed E-state index contributed by atoms with van der Waals surface area (Å²) < 4.78 is 0. The van der Waals surface area contributed by atoms with Crippen LogP contribution in [0.3, 0.4) is 0 Å². The van der Waals surface area contributed by atoms with Gasteiger partial charge in [0.05, 0.1) is 20.6 Å². The van der Waals surface area contributed by atoms with Gasteiger partial charge in [0, 0.05) is 15.8 Å². The Morgan fingerprint density at radius 2 is 0.552 bits per heavy atom. The smallest absolute Gasteiger partial charge is 0.366 e.